The zero-order valence-corrected chi connectivity index (χ0v) is 15.1. The van der Waals surface area contributed by atoms with Gasteiger partial charge in [0.1, 0.15) is 6.54 Å². The van der Waals surface area contributed by atoms with Crippen LogP contribution in [0.2, 0.25) is 10.0 Å². The summed E-state index contributed by atoms with van der Waals surface area (Å²) < 4.78 is 4.67. The number of methoxy groups -OCH3 is 1. The standard InChI is InChI=1S/C19H17Cl2NO3/c1-25-19(24)13-22(12-15-5-3-2-4-6-15)18(23)10-8-14-7-9-16(20)17(21)11-14/h2-11H,12-13H2,1H3. The van der Waals surface area contributed by atoms with E-state index < -0.39 is 5.97 Å². The number of nitrogens with zero attached hydrogens (tertiary/aromatic N) is 1. The summed E-state index contributed by atoms with van der Waals surface area (Å²) in [5, 5.41) is 0.855. The molecule has 0 radical (unpaired) electrons. The van der Waals surface area contributed by atoms with Gasteiger partial charge in [0.25, 0.3) is 0 Å². The highest BCUT2D eigenvalue weighted by Crippen LogP contribution is 2.23. The van der Waals surface area contributed by atoms with Gasteiger partial charge in [-0.25, -0.2) is 0 Å². The maximum Gasteiger partial charge on any atom is 0.325 e. The van der Waals surface area contributed by atoms with Crippen LogP contribution in [0.15, 0.2) is 54.6 Å². The molecule has 0 aliphatic heterocycles. The average molecular weight is 378 g/mol. The van der Waals surface area contributed by atoms with Crippen LogP contribution < -0.4 is 0 Å². The van der Waals surface area contributed by atoms with Gasteiger partial charge in [-0.1, -0.05) is 59.6 Å². The molecule has 0 unspecified atom stereocenters. The highest BCUT2D eigenvalue weighted by atomic mass is 35.5. The molecule has 0 aliphatic carbocycles. The van der Waals surface area contributed by atoms with Crippen LogP contribution >= 0.6 is 23.2 Å². The van der Waals surface area contributed by atoms with Gasteiger partial charge in [-0.2, -0.15) is 0 Å². The number of amides is 1. The van der Waals surface area contributed by atoms with Gasteiger partial charge in [-0.05, 0) is 29.3 Å². The maximum atomic E-state index is 12.5. The van der Waals surface area contributed by atoms with Crippen molar-refractivity contribution in [3.05, 3.63) is 75.8 Å². The molecule has 0 aliphatic rings. The van der Waals surface area contributed by atoms with Crippen molar-refractivity contribution in [2.45, 2.75) is 6.54 Å². The number of esters is 1. The Hall–Kier alpha value is -2.30. The van der Waals surface area contributed by atoms with Crippen molar-refractivity contribution >= 4 is 41.2 Å². The number of hydrogen-bond donors (Lipinski definition) is 0. The van der Waals surface area contributed by atoms with E-state index in [-0.39, 0.29) is 12.5 Å². The Morgan fingerprint density at radius 2 is 1.80 bits per heavy atom. The molecule has 0 bridgehead atoms. The summed E-state index contributed by atoms with van der Waals surface area (Å²) in [6, 6.07) is 14.5. The molecule has 2 rings (SSSR count). The first-order valence-corrected chi connectivity index (χ1v) is 8.28. The van der Waals surface area contributed by atoms with Crippen molar-refractivity contribution in [1.29, 1.82) is 0 Å². The summed E-state index contributed by atoms with van der Waals surface area (Å²) in [5.74, 6) is -0.785. The third-order valence-electron chi connectivity index (χ3n) is 3.44. The molecule has 0 fully saturated rings. The molecule has 4 nitrogen and oxygen atoms in total. The predicted molar refractivity (Wildman–Crippen MR) is 99.4 cm³/mol. The number of carbonyl (C=O) groups excluding carboxylic acids is 2. The van der Waals surface area contributed by atoms with Gasteiger partial charge in [-0.15, -0.1) is 0 Å². The fraction of sp³-hybridized carbons (Fsp3) is 0.158. The third kappa shape index (κ3) is 5.93. The Labute approximate surface area is 156 Å². The van der Waals surface area contributed by atoms with E-state index in [1.807, 2.05) is 30.3 Å². The smallest absolute Gasteiger partial charge is 0.325 e. The monoisotopic (exact) mass is 377 g/mol. The minimum atomic E-state index is -0.479. The number of halogens is 2. The molecule has 2 aromatic rings. The minimum Gasteiger partial charge on any atom is -0.468 e. The highest BCUT2D eigenvalue weighted by Gasteiger charge is 2.16. The molecule has 0 heterocycles. The van der Waals surface area contributed by atoms with E-state index in [1.165, 1.54) is 18.1 Å². The second kappa shape index (κ2) is 9.25. The van der Waals surface area contributed by atoms with E-state index in [9.17, 15) is 9.59 Å². The molecule has 6 heteroatoms. The van der Waals surface area contributed by atoms with Gasteiger partial charge in [0.05, 0.1) is 17.2 Å². The Morgan fingerprint density at radius 1 is 1.08 bits per heavy atom. The fourth-order valence-electron chi connectivity index (χ4n) is 2.12. The fourth-order valence-corrected chi connectivity index (χ4v) is 2.43. The van der Waals surface area contributed by atoms with Gasteiger partial charge in [-0.3, -0.25) is 9.59 Å². The van der Waals surface area contributed by atoms with Gasteiger partial charge < -0.3 is 9.64 Å². The predicted octanol–water partition coefficient (Wildman–Crippen LogP) is 4.21. The number of rotatable bonds is 6. The number of carbonyl (C=O) groups is 2. The van der Waals surface area contributed by atoms with E-state index in [0.29, 0.717) is 16.6 Å². The van der Waals surface area contributed by atoms with Crippen LogP contribution in [0, 0.1) is 0 Å². The van der Waals surface area contributed by atoms with Crippen molar-refractivity contribution in [2.75, 3.05) is 13.7 Å². The molecule has 0 spiro atoms. The average Bonchev–Trinajstić information content (AvgIpc) is 2.62. The molecular formula is C19H17Cl2NO3. The molecular weight excluding hydrogens is 361 g/mol. The van der Waals surface area contributed by atoms with Crippen LogP contribution in [0.25, 0.3) is 6.08 Å². The van der Waals surface area contributed by atoms with E-state index in [4.69, 9.17) is 23.2 Å². The highest BCUT2D eigenvalue weighted by molar-refractivity contribution is 6.42. The molecule has 0 aromatic heterocycles. The van der Waals surface area contributed by atoms with Gasteiger partial charge in [0.15, 0.2) is 0 Å². The lowest BCUT2D eigenvalue weighted by Crippen LogP contribution is -2.34. The first-order valence-electron chi connectivity index (χ1n) is 7.52. The van der Waals surface area contributed by atoms with Crippen LogP contribution in [0.5, 0.6) is 0 Å². The second-order valence-corrected chi connectivity index (χ2v) is 6.08. The van der Waals surface area contributed by atoms with Gasteiger partial charge in [0, 0.05) is 12.6 Å². The molecule has 25 heavy (non-hydrogen) atoms. The third-order valence-corrected chi connectivity index (χ3v) is 4.18. The SMILES string of the molecule is COC(=O)CN(Cc1ccccc1)C(=O)C=Cc1ccc(Cl)c(Cl)c1. The lowest BCUT2D eigenvalue weighted by Gasteiger charge is -2.20. The first-order chi connectivity index (χ1) is 12.0. The largest absolute Gasteiger partial charge is 0.468 e. The van der Waals surface area contributed by atoms with Crippen LogP contribution in [0.1, 0.15) is 11.1 Å². The summed E-state index contributed by atoms with van der Waals surface area (Å²) >= 11 is 11.8. The molecule has 1 amide bonds. The summed E-state index contributed by atoms with van der Waals surface area (Å²) in [6.45, 7) is 0.177. The minimum absolute atomic E-state index is 0.129. The summed E-state index contributed by atoms with van der Waals surface area (Å²) in [4.78, 5) is 25.5. The molecule has 0 N–H and O–H groups in total. The summed E-state index contributed by atoms with van der Waals surface area (Å²) in [6.07, 6.45) is 3.02. The van der Waals surface area contributed by atoms with Crippen LogP contribution in [-0.2, 0) is 20.9 Å². The molecule has 0 atom stereocenters. The summed E-state index contributed by atoms with van der Waals surface area (Å²) in [5.41, 5.74) is 1.66. The van der Waals surface area contributed by atoms with Crippen molar-refractivity contribution in [2.24, 2.45) is 0 Å². The zero-order valence-electron chi connectivity index (χ0n) is 13.6. The quantitative estimate of drug-likeness (QED) is 0.559. The number of benzene rings is 2. The van der Waals surface area contributed by atoms with E-state index in [2.05, 4.69) is 4.74 Å². The van der Waals surface area contributed by atoms with Gasteiger partial charge in [0.2, 0.25) is 5.91 Å². The Morgan fingerprint density at radius 3 is 2.44 bits per heavy atom. The number of hydrogen-bond acceptors (Lipinski definition) is 3. The Balaban J connectivity index is 2.14. The normalized spacial score (nSPS) is 10.7. The Bertz CT molecular complexity index is 775. The van der Waals surface area contributed by atoms with Crippen LogP contribution in [0.4, 0.5) is 0 Å². The lowest BCUT2D eigenvalue weighted by molar-refractivity contribution is -0.145. The van der Waals surface area contributed by atoms with Crippen molar-refractivity contribution in [1.82, 2.24) is 4.90 Å². The van der Waals surface area contributed by atoms with E-state index in [1.54, 1.807) is 24.3 Å². The Kier molecular flexibility index (Phi) is 7.04. The van der Waals surface area contributed by atoms with Crippen molar-refractivity contribution < 1.29 is 14.3 Å². The van der Waals surface area contributed by atoms with E-state index in [0.717, 1.165) is 11.1 Å². The topological polar surface area (TPSA) is 46.6 Å². The molecule has 2 aromatic carbocycles. The first kappa shape index (κ1) is 19.0. The van der Waals surface area contributed by atoms with Crippen LogP contribution in [0.3, 0.4) is 0 Å². The second-order valence-electron chi connectivity index (χ2n) is 5.26. The molecule has 0 saturated heterocycles. The molecule has 130 valence electrons. The van der Waals surface area contributed by atoms with Crippen molar-refractivity contribution in [3.8, 4) is 0 Å². The van der Waals surface area contributed by atoms with Crippen molar-refractivity contribution in [3.63, 3.8) is 0 Å². The zero-order chi connectivity index (χ0) is 18.2. The molecule has 0 saturated carbocycles. The van der Waals surface area contributed by atoms with Gasteiger partial charge >= 0.3 is 5.97 Å². The maximum absolute atomic E-state index is 12.5. The van der Waals surface area contributed by atoms with Crippen LogP contribution in [-0.4, -0.2) is 30.4 Å². The lowest BCUT2D eigenvalue weighted by atomic mass is 10.2. The summed E-state index contributed by atoms with van der Waals surface area (Å²) in [7, 11) is 1.29. The van der Waals surface area contributed by atoms with E-state index >= 15 is 0 Å². The number of ether oxygens (including phenoxy) is 1.